The maximum absolute atomic E-state index is 12.9. The molecular weight excluding hydrogens is 223 g/mol. The van der Waals surface area contributed by atoms with Crippen molar-refractivity contribution < 1.29 is 14.3 Å². The predicted octanol–water partition coefficient (Wildman–Crippen LogP) is 1.28. The lowest BCUT2D eigenvalue weighted by Crippen LogP contribution is -2.16. The molecule has 0 heterocycles. The zero-order valence-corrected chi connectivity index (χ0v) is 9.58. The van der Waals surface area contributed by atoms with Crippen molar-refractivity contribution in [1.29, 1.82) is 0 Å². The molecule has 0 saturated heterocycles. The van der Waals surface area contributed by atoms with Crippen molar-refractivity contribution >= 4 is 5.91 Å². The Hall–Kier alpha value is -1.62. The van der Waals surface area contributed by atoms with Gasteiger partial charge in [-0.1, -0.05) is 0 Å². The molecule has 0 bridgehead atoms. The molecule has 0 atom stereocenters. The van der Waals surface area contributed by atoms with E-state index in [1.807, 2.05) is 0 Å². The van der Waals surface area contributed by atoms with Crippen LogP contribution in [0.4, 0.5) is 4.39 Å². The molecule has 4 nitrogen and oxygen atoms in total. The van der Waals surface area contributed by atoms with E-state index in [4.69, 9.17) is 5.73 Å². The van der Waals surface area contributed by atoms with E-state index in [0.717, 1.165) is 12.8 Å². The van der Waals surface area contributed by atoms with Crippen LogP contribution in [0.2, 0.25) is 0 Å². The molecule has 0 aliphatic rings. The van der Waals surface area contributed by atoms with E-state index in [-0.39, 0.29) is 17.5 Å². The average molecular weight is 240 g/mol. The fourth-order valence-corrected chi connectivity index (χ4v) is 1.47. The Bertz CT molecular complexity index is 383. The second kappa shape index (κ2) is 6.85. The van der Waals surface area contributed by atoms with Gasteiger partial charge in [-0.15, -0.1) is 0 Å². The zero-order chi connectivity index (χ0) is 12.7. The van der Waals surface area contributed by atoms with E-state index in [9.17, 15) is 14.3 Å². The topological polar surface area (TPSA) is 75.4 Å². The van der Waals surface area contributed by atoms with Crippen molar-refractivity contribution in [3.05, 3.63) is 29.6 Å². The summed E-state index contributed by atoms with van der Waals surface area (Å²) in [7, 11) is 0. The second-order valence-corrected chi connectivity index (χ2v) is 3.87. The summed E-state index contributed by atoms with van der Waals surface area (Å²) < 4.78 is 12.9. The van der Waals surface area contributed by atoms with Gasteiger partial charge in [0.05, 0.1) is 0 Å². The molecule has 0 spiro atoms. The summed E-state index contributed by atoms with van der Waals surface area (Å²) >= 11 is 0. The van der Waals surface area contributed by atoms with Gasteiger partial charge in [-0.05, 0) is 37.6 Å². The highest BCUT2D eigenvalue weighted by atomic mass is 19.1. The smallest absolute Gasteiger partial charge is 0.217 e. The largest absolute Gasteiger partial charge is 0.508 e. The van der Waals surface area contributed by atoms with Gasteiger partial charge in [0.15, 0.2) is 0 Å². The fourth-order valence-electron chi connectivity index (χ4n) is 1.47. The zero-order valence-electron chi connectivity index (χ0n) is 9.58. The van der Waals surface area contributed by atoms with Crippen LogP contribution in [-0.2, 0) is 11.3 Å². The number of halogens is 1. The van der Waals surface area contributed by atoms with Gasteiger partial charge in [-0.3, -0.25) is 4.79 Å². The van der Waals surface area contributed by atoms with Gasteiger partial charge in [0.25, 0.3) is 0 Å². The van der Waals surface area contributed by atoms with Crippen molar-refractivity contribution in [3.63, 3.8) is 0 Å². The molecule has 0 saturated carbocycles. The maximum atomic E-state index is 12.9. The Labute approximate surface area is 99.6 Å². The highest BCUT2D eigenvalue weighted by Crippen LogP contribution is 2.17. The number of aromatic hydroxyl groups is 1. The quantitative estimate of drug-likeness (QED) is 0.628. The molecule has 0 radical (unpaired) electrons. The molecule has 5 heteroatoms. The minimum Gasteiger partial charge on any atom is -0.508 e. The van der Waals surface area contributed by atoms with Gasteiger partial charge in [0.2, 0.25) is 5.91 Å². The van der Waals surface area contributed by atoms with E-state index >= 15 is 0 Å². The van der Waals surface area contributed by atoms with Gasteiger partial charge in [-0.25, -0.2) is 4.39 Å². The third kappa shape index (κ3) is 5.31. The Morgan fingerprint density at radius 3 is 2.88 bits per heavy atom. The van der Waals surface area contributed by atoms with Crippen LogP contribution in [0, 0.1) is 5.82 Å². The molecule has 1 aromatic rings. The lowest BCUT2D eigenvalue weighted by atomic mass is 10.2. The van der Waals surface area contributed by atoms with E-state index in [1.165, 1.54) is 18.2 Å². The highest BCUT2D eigenvalue weighted by Gasteiger charge is 2.02. The minimum absolute atomic E-state index is 0.0797. The van der Waals surface area contributed by atoms with Crippen LogP contribution >= 0.6 is 0 Å². The lowest BCUT2D eigenvalue weighted by Gasteiger charge is -2.06. The van der Waals surface area contributed by atoms with Crippen molar-refractivity contribution in [2.45, 2.75) is 25.8 Å². The number of nitrogens with two attached hydrogens (primary N) is 1. The first-order chi connectivity index (χ1) is 8.09. The third-order valence-corrected chi connectivity index (χ3v) is 2.38. The number of hydrogen-bond acceptors (Lipinski definition) is 3. The number of phenols is 1. The number of rotatable bonds is 7. The molecule has 17 heavy (non-hydrogen) atoms. The second-order valence-electron chi connectivity index (χ2n) is 3.87. The Balaban J connectivity index is 2.22. The van der Waals surface area contributed by atoms with Crippen LogP contribution in [0.3, 0.4) is 0 Å². The normalized spacial score (nSPS) is 10.4. The minimum atomic E-state index is -0.367. The highest BCUT2D eigenvalue weighted by molar-refractivity contribution is 5.73. The number of phenolic OH excluding ortho intramolecular Hbond substituents is 1. The van der Waals surface area contributed by atoms with Crippen LogP contribution in [0.25, 0.3) is 0 Å². The first-order valence-corrected chi connectivity index (χ1v) is 5.56. The van der Waals surface area contributed by atoms with Crippen LogP contribution in [-0.4, -0.2) is 17.6 Å². The first kappa shape index (κ1) is 13.4. The van der Waals surface area contributed by atoms with Crippen molar-refractivity contribution in [3.8, 4) is 5.75 Å². The first-order valence-electron chi connectivity index (χ1n) is 5.56. The number of benzene rings is 1. The van der Waals surface area contributed by atoms with E-state index in [1.54, 1.807) is 0 Å². The summed E-state index contributed by atoms with van der Waals surface area (Å²) in [5, 5.41) is 12.5. The molecule has 4 N–H and O–H groups in total. The van der Waals surface area contributed by atoms with Gasteiger partial charge in [-0.2, -0.15) is 0 Å². The monoisotopic (exact) mass is 240 g/mol. The van der Waals surface area contributed by atoms with Crippen LogP contribution < -0.4 is 11.1 Å². The van der Waals surface area contributed by atoms with E-state index in [0.29, 0.717) is 25.1 Å². The van der Waals surface area contributed by atoms with Crippen LogP contribution in [0.1, 0.15) is 24.8 Å². The van der Waals surface area contributed by atoms with Gasteiger partial charge >= 0.3 is 0 Å². The summed E-state index contributed by atoms with van der Waals surface area (Å²) in [6, 6.07) is 3.84. The standard InChI is InChI=1S/C12H17FN2O2/c13-10-4-5-11(16)9(7-10)8-15-6-2-1-3-12(14)17/h4-5,7,15-16H,1-3,6,8H2,(H2,14,17). The summed E-state index contributed by atoms with van der Waals surface area (Å²) in [6.07, 6.45) is 1.93. The maximum Gasteiger partial charge on any atom is 0.217 e. The predicted molar refractivity (Wildman–Crippen MR) is 62.8 cm³/mol. The van der Waals surface area contributed by atoms with Crippen molar-refractivity contribution in [1.82, 2.24) is 5.32 Å². The van der Waals surface area contributed by atoms with E-state index in [2.05, 4.69) is 5.32 Å². The van der Waals surface area contributed by atoms with Gasteiger partial charge in [0, 0.05) is 18.5 Å². The molecule has 0 unspecified atom stereocenters. The molecular formula is C12H17FN2O2. The number of unbranched alkanes of at least 4 members (excludes halogenated alkanes) is 1. The summed E-state index contributed by atoms with van der Waals surface area (Å²) in [5.41, 5.74) is 5.53. The van der Waals surface area contributed by atoms with Gasteiger partial charge in [0.1, 0.15) is 11.6 Å². The molecule has 0 aromatic heterocycles. The lowest BCUT2D eigenvalue weighted by molar-refractivity contribution is -0.118. The SMILES string of the molecule is NC(=O)CCCCNCc1cc(F)ccc1O. The van der Waals surface area contributed by atoms with Crippen molar-refractivity contribution in [2.75, 3.05) is 6.54 Å². The Morgan fingerprint density at radius 1 is 1.41 bits per heavy atom. The number of carbonyl (C=O) groups is 1. The molecule has 1 aromatic carbocycles. The number of primary amides is 1. The molecule has 1 rings (SSSR count). The Kier molecular flexibility index (Phi) is 5.42. The van der Waals surface area contributed by atoms with E-state index < -0.39 is 0 Å². The molecule has 94 valence electrons. The molecule has 0 aliphatic heterocycles. The number of amides is 1. The fraction of sp³-hybridized carbons (Fsp3) is 0.417. The number of carbonyl (C=O) groups excluding carboxylic acids is 1. The average Bonchev–Trinajstić information content (AvgIpc) is 2.27. The summed E-state index contributed by atoms with van der Waals surface area (Å²) in [6.45, 7) is 1.10. The molecule has 0 fully saturated rings. The van der Waals surface area contributed by atoms with Crippen molar-refractivity contribution in [2.24, 2.45) is 5.73 Å². The molecule has 0 aliphatic carbocycles. The number of nitrogens with one attached hydrogen (secondary N) is 1. The van der Waals surface area contributed by atoms with Crippen LogP contribution in [0.15, 0.2) is 18.2 Å². The summed E-state index contributed by atoms with van der Waals surface area (Å²) in [4.78, 5) is 10.5. The summed E-state index contributed by atoms with van der Waals surface area (Å²) in [5.74, 6) is -0.586. The molecule has 1 amide bonds. The Morgan fingerprint density at radius 2 is 2.18 bits per heavy atom. The van der Waals surface area contributed by atoms with Crippen LogP contribution in [0.5, 0.6) is 5.75 Å². The van der Waals surface area contributed by atoms with Gasteiger partial charge < -0.3 is 16.2 Å². The third-order valence-electron chi connectivity index (χ3n) is 2.38. The number of hydrogen-bond donors (Lipinski definition) is 3.